The maximum Gasteiger partial charge on any atom is 0.407 e. The molecule has 2 heterocycles. The molecule has 0 radical (unpaired) electrons. The largest absolute Gasteiger partial charge is 0.443 e. The van der Waals surface area contributed by atoms with Crippen LogP contribution in [0.5, 0.6) is 0 Å². The minimum atomic E-state index is -3.97. The molecule has 3 aliphatic rings. The second kappa shape index (κ2) is 11.7. The van der Waals surface area contributed by atoms with E-state index in [4.69, 9.17) is 19.9 Å². The van der Waals surface area contributed by atoms with Crippen molar-refractivity contribution in [1.29, 1.82) is 0 Å². The molecule has 0 unspecified atom stereocenters. The van der Waals surface area contributed by atoms with E-state index in [0.29, 0.717) is 31.6 Å². The van der Waals surface area contributed by atoms with Crippen LogP contribution in [0.3, 0.4) is 0 Å². The van der Waals surface area contributed by atoms with Crippen molar-refractivity contribution in [2.75, 3.05) is 25.5 Å². The molecule has 3 fully saturated rings. The van der Waals surface area contributed by atoms with Crippen molar-refractivity contribution in [2.24, 2.45) is 11.8 Å². The molecule has 0 bridgehead atoms. The fraction of sp³-hybridized carbons (Fsp3) is 0.552. The number of fused-ring (bicyclic) bond motifs is 1. The summed E-state index contributed by atoms with van der Waals surface area (Å²) in [5.41, 5.74) is 6.09. The number of nitrogen functional groups attached to an aromatic ring is 1. The molecule has 4 N–H and O–H groups in total. The first-order chi connectivity index (χ1) is 19.1. The van der Waals surface area contributed by atoms with Crippen molar-refractivity contribution in [3.63, 3.8) is 0 Å². The number of hydrogen-bond donors (Lipinski definition) is 3. The molecule has 0 spiro atoms. The van der Waals surface area contributed by atoms with E-state index in [0.717, 1.165) is 12.0 Å². The predicted molar refractivity (Wildman–Crippen MR) is 149 cm³/mol. The number of aliphatic hydroxyl groups is 1. The number of nitrogens with zero attached hydrogens (tertiary/aromatic N) is 1. The number of alkyl carbamates (subject to hydrolysis) is 1. The van der Waals surface area contributed by atoms with Gasteiger partial charge in [0.25, 0.3) is 0 Å². The monoisotopic (exact) mass is 573 g/mol. The van der Waals surface area contributed by atoms with Gasteiger partial charge >= 0.3 is 6.09 Å². The highest BCUT2D eigenvalue weighted by Crippen LogP contribution is 2.49. The zero-order valence-electron chi connectivity index (χ0n) is 22.9. The van der Waals surface area contributed by atoms with Gasteiger partial charge in [-0.15, -0.1) is 0 Å². The summed E-state index contributed by atoms with van der Waals surface area (Å²) >= 11 is 0. The molecule has 2 aromatic rings. The highest BCUT2D eigenvalue weighted by Gasteiger charge is 2.60. The molecule has 11 heteroatoms. The second-order valence-electron chi connectivity index (χ2n) is 11.5. The van der Waals surface area contributed by atoms with Gasteiger partial charge in [0.2, 0.25) is 10.0 Å². The molecule has 1 aliphatic carbocycles. The lowest BCUT2D eigenvalue weighted by molar-refractivity contribution is -0.0907. The van der Waals surface area contributed by atoms with Crippen LogP contribution in [0.1, 0.15) is 38.7 Å². The van der Waals surface area contributed by atoms with Crippen LogP contribution in [0.15, 0.2) is 59.5 Å². The molecule has 2 aliphatic heterocycles. The number of nitrogens with two attached hydrogens (primary N) is 1. The summed E-state index contributed by atoms with van der Waals surface area (Å²) in [5.74, 6) is -0.0210. The first-order valence-electron chi connectivity index (χ1n) is 13.9. The summed E-state index contributed by atoms with van der Waals surface area (Å²) in [7, 11) is -3.97. The predicted octanol–water partition coefficient (Wildman–Crippen LogP) is 2.91. The number of carbonyl (C=O) groups excluding carboxylic acids is 1. The molecule has 1 amide bonds. The number of sulfonamides is 1. The minimum absolute atomic E-state index is 0.00247. The van der Waals surface area contributed by atoms with Crippen LogP contribution in [0, 0.1) is 11.8 Å². The number of ether oxygens (including phenoxy) is 3. The maximum atomic E-state index is 13.9. The Labute approximate surface area is 235 Å². The Balaban J connectivity index is 1.40. The summed E-state index contributed by atoms with van der Waals surface area (Å²) in [6.45, 7) is 4.90. The van der Waals surface area contributed by atoms with E-state index in [2.05, 4.69) is 5.32 Å². The lowest BCUT2D eigenvalue weighted by Crippen LogP contribution is -2.59. The highest BCUT2D eigenvalue weighted by molar-refractivity contribution is 7.89. The Morgan fingerprint density at radius 2 is 1.85 bits per heavy atom. The molecule has 40 heavy (non-hydrogen) atoms. The number of hydrogen-bond acceptors (Lipinski definition) is 8. The summed E-state index contributed by atoms with van der Waals surface area (Å²) in [5, 5.41) is 14.8. The van der Waals surface area contributed by atoms with Crippen LogP contribution in [-0.2, 0) is 30.7 Å². The number of benzene rings is 2. The Morgan fingerprint density at radius 3 is 2.50 bits per heavy atom. The zero-order chi connectivity index (χ0) is 28.5. The van der Waals surface area contributed by atoms with Crippen LogP contribution in [0.2, 0.25) is 0 Å². The Hall–Kier alpha value is -2.70. The molecule has 2 saturated heterocycles. The van der Waals surface area contributed by atoms with Gasteiger partial charge in [-0.05, 0) is 61.4 Å². The van der Waals surface area contributed by atoms with Gasteiger partial charge in [-0.2, -0.15) is 4.31 Å². The van der Waals surface area contributed by atoms with Crippen LogP contribution < -0.4 is 11.1 Å². The Bertz CT molecular complexity index is 1270. The third-order valence-corrected chi connectivity index (χ3v) is 10.00. The van der Waals surface area contributed by atoms with Crippen LogP contribution in [0.4, 0.5) is 10.5 Å². The molecule has 1 saturated carbocycles. The molecule has 2 aromatic carbocycles. The van der Waals surface area contributed by atoms with Crippen molar-refractivity contribution in [1.82, 2.24) is 9.62 Å². The Morgan fingerprint density at radius 1 is 1.15 bits per heavy atom. The first kappa shape index (κ1) is 28.8. The molecule has 218 valence electrons. The number of aliphatic hydroxyl groups excluding tert-OH is 1. The van der Waals surface area contributed by atoms with Crippen LogP contribution in [0.25, 0.3) is 0 Å². The van der Waals surface area contributed by atoms with Gasteiger partial charge < -0.3 is 30.4 Å². The van der Waals surface area contributed by atoms with Gasteiger partial charge in [0.15, 0.2) is 6.29 Å². The van der Waals surface area contributed by atoms with Crippen molar-refractivity contribution in [2.45, 2.75) is 74.5 Å². The summed E-state index contributed by atoms with van der Waals surface area (Å²) in [4.78, 5) is 13.3. The van der Waals surface area contributed by atoms with Crippen molar-refractivity contribution >= 4 is 21.8 Å². The number of nitrogens with one attached hydrogen (secondary N) is 1. The van der Waals surface area contributed by atoms with E-state index >= 15 is 0 Å². The molecular formula is C29H39N3O7S. The average molecular weight is 574 g/mol. The molecular weight excluding hydrogens is 534 g/mol. The first-order valence-corrected chi connectivity index (χ1v) is 15.3. The van der Waals surface area contributed by atoms with Gasteiger partial charge in [0, 0.05) is 12.2 Å². The van der Waals surface area contributed by atoms with E-state index < -0.39 is 39.9 Å². The molecule has 5 rings (SSSR count). The molecule has 0 aromatic heterocycles. The van der Waals surface area contributed by atoms with Gasteiger partial charge in [-0.1, -0.05) is 44.2 Å². The summed E-state index contributed by atoms with van der Waals surface area (Å²) in [6, 6.07) is 14.8. The van der Waals surface area contributed by atoms with E-state index in [1.165, 1.54) is 16.4 Å². The van der Waals surface area contributed by atoms with Gasteiger partial charge in [0.1, 0.15) is 6.10 Å². The molecule has 10 nitrogen and oxygen atoms in total. The summed E-state index contributed by atoms with van der Waals surface area (Å²) < 4.78 is 46.2. The van der Waals surface area contributed by atoms with Gasteiger partial charge in [-0.3, -0.25) is 0 Å². The minimum Gasteiger partial charge on any atom is -0.443 e. The zero-order valence-corrected chi connectivity index (χ0v) is 23.8. The van der Waals surface area contributed by atoms with E-state index in [9.17, 15) is 18.3 Å². The lowest BCUT2D eigenvalue weighted by atomic mass is 9.94. The fourth-order valence-corrected chi connectivity index (χ4v) is 7.79. The van der Waals surface area contributed by atoms with Crippen molar-refractivity contribution in [3.8, 4) is 0 Å². The number of rotatable bonds is 11. The van der Waals surface area contributed by atoms with E-state index in [1.807, 2.05) is 44.2 Å². The van der Waals surface area contributed by atoms with Crippen molar-refractivity contribution in [3.05, 3.63) is 60.2 Å². The third-order valence-electron chi connectivity index (χ3n) is 8.04. The SMILES string of the molecule is CC(C)CN(C1([C@@H](O)[C@H](Cc2ccccc2)NC(=O)O[C@H]2CO[C@H]3OCC[C@H]32)CC1)S(=O)(=O)c1ccc(N)cc1. The average Bonchev–Trinajstić information content (AvgIpc) is 3.43. The number of carbonyl (C=O) groups is 1. The Kier molecular flexibility index (Phi) is 8.40. The van der Waals surface area contributed by atoms with Crippen molar-refractivity contribution < 1.29 is 32.5 Å². The second-order valence-corrected chi connectivity index (χ2v) is 13.3. The maximum absolute atomic E-state index is 13.9. The van der Waals surface area contributed by atoms with E-state index in [1.54, 1.807) is 12.1 Å². The van der Waals surface area contributed by atoms with Crippen LogP contribution in [-0.4, -0.2) is 73.8 Å². The lowest BCUT2D eigenvalue weighted by Gasteiger charge is -2.39. The van der Waals surface area contributed by atoms with Crippen LogP contribution >= 0.6 is 0 Å². The summed E-state index contributed by atoms with van der Waals surface area (Å²) in [6.07, 6.45) is -0.689. The standard InChI is InChI=1S/C29H39N3O7S/c1-19(2)17-32(40(35,36)22-10-8-21(30)9-11-22)29(13-14-29)26(33)24(16-20-6-4-3-5-7-20)31-28(34)39-25-18-38-27-23(25)12-15-37-27/h3-11,19,23-27,33H,12-18,30H2,1-2H3,(H,31,34)/t23-,24-,25-,26-,27+/m0/s1. The smallest absolute Gasteiger partial charge is 0.407 e. The van der Waals surface area contributed by atoms with Gasteiger partial charge in [-0.25, -0.2) is 13.2 Å². The number of anilines is 1. The highest BCUT2D eigenvalue weighted by atomic mass is 32.2. The fourth-order valence-electron chi connectivity index (χ4n) is 5.79. The van der Waals surface area contributed by atoms with Gasteiger partial charge in [0.05, 0.1) is 41.7 Å². The topological polar surface area (TPSA) is 140 Å². The third kappa shape index (κ3) is 5.99. The normalized spacial score (nSPS) is 25.0. The molecule has 5 atom stereocenters. The quantitative estimate of drug-likeness (QED) is 0.349. The van der Waals surface area contributed by atoms with E-state index in [-0.39, 0.29) is 36.2 Å². The number of amides is 1.